The lowest BCUT2D eigenvalue weighted by molar-refractivity contribution is 0.250. The van der Waals surface area contributed by atoms with Crippen LogP contribution >= 0.6 is 11.6 Å². The molecule has 1 aliphatic rings. The number of anilines is 2. The third-order valence-corrected chi connectivity index (χ3v) is 5.42. The van der Waals surface area contributed by atoms with Gasteiger partial charge in [-0.2, -0.15) is 4.52 Å². The minimum Gasteiger partial charge on any atom is -0.461 e. The first-order chi connectivity index (χ1) is 14.2. The van der Waals surface area contributed by atoms with Crippen LogP contribution in [0.2, 0.25) is 5.02 Å². The van der Waals surface area contributed by atoms with Crippen molar-refractivity contribution in [3.63, 3.8) is 0 Å². The Balaban J connectivity index is 1.33. The molecule has 0 aliphatic carbocycles. The highest BCUT2D eigenvalue weighted by molar-refractivity contribution is 6.30. The summed E-state index contributed by atoms with van der Waals surface area (Å²) in [4.78, 5) is 13.7. The number of fused-ring (bicyclic) bond motifs is 1. The van der Waals surface area contributed by atoms with Gasteiger partial charge in [-0.1, -0.05) is 11.6 Å². The SMILES string of the molecule is Nc1ncc(CN2CCN(c3ccc(Cl)cc3)CC2)c2nc(-c3ccco3)nn12. The number of hydrogen-bond donors (Lipinski definition) is 1. The molecule has 4 heterocycles. The van der Waals surface area contributed by atoms with Gasteiger partial charge in [0.25, 0.3) is 0 Å². The molecule has 4 aromatic rings. The van der Waals surface area contributed by atoms with Crippen molar-refractivity contribution in [2.24, 2.45) is 0 Å². The first-order valence-corrected chi connectivity index (χ1v) is 9.82. The Morgan fingerprint density at radius 2 is 1.86 bits per heavy atom. The minimum atomic E-state index is 0.307. The van der Waals surface area contributed by atoms with Crippen LogP contribution in [-0.2, 0) is 6.54 Å². The van der Waals surface area contributed by atoms with Crippen LogP contribution in [0.15, 0.2) is 53.3 Å². The number of hydrogen-bond acceptors (Lipinski definition) is 7. The molecule has 2 N–H and O–H groups in total. The highest BCUT2D eigenvalue weighted by atomic mass is 35.5. The smallest absolute Gasteiger partial charge is 0.223 e. The molecular formula is C20H20ClN7O. The number of piperazine rings is 1. The largest absolute Gasteiger partial charge is 0.461 e. The first-order valence-electron chi connectivity index (χ1n) is 9.44. The summed E-state index contributed by atoms with van der Waals surface area (Å²) in [5.74, 6) is 1.42. The summed E-state index contributed by atoms with van der Waals surface area (Å²) in [6, 6.07) is 11.6. The second-order valence-electron chi connectivity index (χ2n) is 7.03. The summed E-state index contributed by atoms with van der Waals surface area (Å²) in [5, 5.41) is 5.21. The third kappa shape index (κ3) is 3.52. The van der Waals surface area contributed by atoms with Gasteiger partial charge in [0, 0.05) is 55.2 Å². The van der Waals surface area contributed by atoms with Crippen molar-refractivity contribution in [2.45, 2.75) is 6.54 Å². The van der Waals surface area contributed by atoms with Gasteiger partial charge in [-0.3, -0.25) is 4.90 Å². The van der Waals surface area contributed by atoms with Gasteiger partial charge >= 0.3 is 0 Å². The zero-order chi connectivity index (χ0) is 19.8. The van der Waals surface area contributed by atoms with Crippen LogP contribution in [0.3, 0.4) is 0 Å². The standard InChI is InChI=1S/C20H20ClN7O/c21-15-3-5-16(6-4-15)27-9-7-26(8-10-27)13-14-12-23-20(22)28-19(14)24-18(25-28)17-2-1-11-29-17/h1-6,11-12H,7-10,13H2,(H2,22,23). The number of nitrogens with two attached hydrogens (primary N) is 1. The topological polar surface area (TPSA) is 88.7 Å². The van der Waals surface area contributed by atoms with Gasteiger partial charge in [0.2, 0.25) is 11.8 Å². The summed E-state index contributed by atoms with van der Waals surface area (Å²) < 4.78 is 7.00. The molecule has 148 valence electrons. The van der Waals surface area contributed by atoms with E-state index >= 15 is 0 Å². The van der Waals surface area contributed by atoms with Crippen LogP contribution in [0.4, 0.5) is 11.6 Å². The molecule has 9 heteroatoms. The Morgan fingerprint density at radius 3 is 2.59 bits per heavy atom. The molecule has 0 atom stereocenters. The maximum absolute atomic E-state index is 6.01. The molecule has 0 amide bonds. The van der Waals surface area contributed by atoms with Crippen molar-refractivity contribution < 1.29 is 4.42 Å². The van der Waals surface area contributed by atoms with Crippen molar-refractivity contribution in [1.29, 1.82) is 0 Å². The number of benzene rings is 1. The highest BCUT2D eigenvalue weighted by Gasteiger charge is 2.20. The van der Waals surface area contributed by atoms with E-state index in [1.54, 1.807) is 17.0 Å². The molecule has 0 bridgehead atoms. The van der Waals surface area contributed by atoms with Gasteiger partial charge in [-0.15, -0.1) is 5.10 Å². The van der Waals surface area contributed by atoms with Gasteiger partial charge < -0.3 is 15.1 Å². The Kier molecular flexibility index (Phi) is 4.57. The third-order valence-electron chi connectivity index (χ3n) is 5.16. The molecule has 1 saturated heterocycles. The monoisotopic (exact) mass is 409 g/mol. The zero-order valence-electron chi connectivity index (χ0n) is 15.7. The highest BCUT2D eigenvalue weighted by Crippen LogP contribution is 2.22. The number of furan rings is 1. The average Bonchev–Trinajstić information content (AvgIpc) is 3.42. The van der Waals surface area contributed by atoms with Crippen LogP contribution in [0.5, 0.6) is 0 Å². The molecule has 1 fully saturated rings. The molecule has 0 saturated carbocycles. The second kappa shape index (κ2) is 7.38. The zero-order valence-corrected chi connectivity index (χ0v) is 16.5. The molecule has 1 aliphatic heterocycles. The summed E-state index contributed by atoms with van der Waals surface area (Å²) >= 11 is 6.00. The number of rotatable bonds is 4. The Morgan fingerprint density at radius 1 is 1.07 bits per heavy atom. The van der Waals surface area contributed by atoms with Crippen molar-refractivity contribution in [1.82, 2.24) is 24.5 Å². The van der Waals surface area contributed by atoms with E-state index in [9.17, 15) is 0 Å². The number of nitrogens with zero attached hydrogens (tertiary/aromatic N) is 6. The fourth-order valence-electron chi connectivity index (χ4n) is 3.61. The lowest BCUT2D eigenvalue weighted by Crippen LogP contribution is -2.46. The molecule has 0 radical (unpaired) electrons. The van der Waals surface area contributed by atoms with E-state index in [0.717, 1.165) is 43.3 Å². The lowest BCUT2D eigenvalue weighted by atomic mass is 10.2. The fraction of sp³-hybridized carbons (Fsp3) is 0.250. The van der Waals surface area contributed by atoms with Crippen LogP contribution in [-0.4, -0.2) is 50.7 Å². The lowest BCUT2D eigenvalue weighted by Gasteiger charge is -2.36. The fourth-order valence-corrected chi connectivity index (χ4v) is 3.74. The quantitative estimate of drug-likeness (QED) is 0.554. The van der Waals surface area contributed by atoms with Gasteiger partial charge in [0.05, 0.1) is 6.26 Å². The van der Waals surface area contributed by atoms with E-state index in [-0.39, 0.29) is 0 Å². The van der Waals surface area contributed by atoms with E-state index in [4.69, 9.17) is 21.8 Å². The van der Waals surface area contributed by atoms with Crippen molar-refractivity contribution in [3.05, 3.63) is 59.4 Å². The van der Waals surface area contributed by atoms with Gasteiger partial charge in [0.15, 0.2) is 11.4 Å². The second-order valence-corrected chi connectivity index (χ2v) is 7.47. The molecule has 3 aromatic heterocycles. The predicted octanol–water partition coefficient (Wildman–Crippen LogP) is 2.94. The van der Waals surface area contributed by atoms with Crippen LogP contribution in [0.25, 0.3) is 17.2 Å². The van der Waals surface area contributed by atoms with Crippen molar-refractivity contribution >= 4 is 28.9 Å². The number of aromatic nitrogens is 4. The maximum Gasteiger partial charge on any atom is 0.223 e. The molecule has 0 spiro atoms. The normalized spacial score (nSPS) is 15.3. The van der Waals surface area contributed by atoms with Gasteiger partial charge in [-0.25, -0.2) is 9.97 Å². The number of halogens is 1. The maximum atomic E-state index is 6.01. The summed E-state index contributed by atoms with van der Waals surface area (Å²) in [7, 11) is 0. The number of nitrogen functional groups attached to an aromatic ring is 1. The van der Waals surface area contributed by atoms with Crippen molar-refractivity contribution in [3.8, 4) is 11.6 Å². The van der Waals surface area contributed by atoms with Crippen molar-refractivity contribution in [2.75, 3.05) is 36.8 Å². The predicted molar refractivity (Wildman–Crippen MR) is 112 cm³/mol. The van der Waals surface area contributed by atoms with Crippen LogP contribution in [0.1, 0.15) is 5.56 Å². The van der Waals surface area contributed by atoms with E-state index in [1.165, 1.54) is 5.69 Å². The van der Waals surface area contributed by atoms with Gasteiger partial charge in [-0.05, 0) is 36.4 Å². The Hall–Kier alpha value is -3.10. The Labute approximate surface area is 172 Å². The van der Waals surface area contributed by atoms with E-state index in [2.05, 4.69) is 37.0 Å². The van der Waals surface area contributed by atoms with Crippen LogP contribution in [0, 0.1) is 0 Å². The summed E-state index contributed by atoms with van der Waals surface area (Å²) in [5.41, 5.74) is 8.91. The van der Waals surface area contributed by atoms with Crippen LogP contribution < -0.4 is 10.6 Å². The molecule has 0 unspecified atom stereocenters. The average molecular weight is 410 g/mol. The van der Waals surface area contributed by atoms with E-state index in [0.29, 0.717) is 23.2 Å². The molecular weight excluding hydrogens is 390 g/mol. The van der Waals surface area contributed by atoms with Gasteiger partial charge in [0.1, 0.15) is 0 Å². The molecule has 5 rings (SSSR count). The van der Waals surface area contributed by atoms with E-state index < -0.39 is 0 Å². The summed E-state index contributed by atoms with van der Waals surface area (Å²) in [6.07, 6.45) is 3.39. The molecule has 29 heavy (non-hydrogen) atoms. The van der Waals surface area contributed by atoms with E-state index in [1.807, 2.05) is 24.3 Å². The first kappa shape index (κ1) is 18.0. The molecule has 1 aromatic carbocycles. The minimum absolute atomic E-state index is 0.307. The molecule has 8 nitrogen and oxygen atoms in total. The Bertz CT molecular complexity index is 1120. The summed E-state index contributed by atoms with van der Waals surface area (Å²) in [6.45, 7) is 4.52.